The van der Waals surface area contributed by atoms with Crippen molar-refractivity contribution in [1.29, 1.82) is 0 Å². The number of amides is 2. The quantitative estimate of drug-likeness (QED) is 0.413. The van der Waals surface area contributed by atoms with Gasteiger partial charge >= 0.3 is 6.03 Å². The number of carbonyl (C=O) groups excluding carboxylic acids is 1. The Balaban J connectivity index is 1.27. The highest BCUT2D eigenvalue weighted by Gasteiger charge is 2.28. The Kier molecular flexibility index (Phi) is 6.90. The molecule has 1 N–H and O–H groups in total. The molecule has 2 amide bonds. The van der Waals surface area contributed by atoms with Crippen LogP contribution in [0.2, 0.25) is 0 Å². The minimum absolute atomic E-state index is 0.0467. The number of carbonyl (C=O) groups is 1. The molecular formula is C29H33N7O2. The van der Waals surface area contributed by atoms with Crippen LogP contribution >= 0.6 is 0 Å². The fourth-order valence-corrected chi connectivity index (χ4v) is 5.41. The van der Waals surface area contributed by atoms with E-state index in [9.17, 15) is 4.79 Å². The number of rotatable bonds is 5. The fraction of sp³-hybridized carbons (Fsp3) is 0.414. The highest BCUT2D eigenvalue weighted by Crippen LogP contribution is 2.34. The van der Waals surface area contributed by atoms with E-state index in [1.54, 1.807) is 12.4 Å². The molecule has 6 rings (SSSR count). The normalized spacial score (nSPS) is 16.7. The maximum absolute atomic E-state index is 12.9. The van der Waals surface area contributed by atoms with Crippen molar-refractivity contribution < 1.29 is 9.32 Å². The second kappa shape index (κ2) is 10.8. The zero-order valence-corrected chi connectivity index (χ0v) is 21.8. The van der Waals surface area contributed by atoms with Gasteiger partial charge in [0.05, 0.1) is 0 Å². The van der Waals surface area contributed by atoms with E-state index in [1.807, 2.05) is 17.0 Å². The van der Waals surface area contributed by atoms with Crippen LogP contribution in [-0.2, 0) is 6.42 Å². The number of nitrogens with zero attached hydrogens (tertiary/aromatic N) is 6. The number of piperazine rings is 1. The largest absolute Gasteiger partial charge is 0.352 e. The maximum Gasteiger partial charge on any atom is 0.317 e. The lowest BCUT2D eigenvalue weighted by molar-refractivity contribution is 0.186. The third kappa shape index (κ3) is 5.18. The van der Waals surface area contributed by atoms with Gasteiger partial charge in [0, 0.05) is 56.6 Å². The number of hydrogen-bond acceptors (Lipinski definition) is 7. The van der Waals surface area contributed by atoms with Crippen LogP contribution in [-0.4, -0.2) is 63.3 Å². The van der Waals surface area contributed by atoms with Crippen LogP contribution in [0.4, 0.5) is 10.6 Å². The van der Waals surface area contributed by atoms with Gasteiger partial charge in [-0.15, -0.1) is 0 Å². The van der Waals surface area contributed by atoms with Crippen LogP contribution in [0.15, 0.2) is 53.3 Å². The Labute approximate surface area is 222 Å². The molecule has 0 spiro atoms. The molecule has 9 heteroatoms. The molecule has 1 aromatic carbocycles. The highest BCUT2D eigenvalue weighted by molar-refractivity contribution is 5.98. The van der Waals surface area contributed by atoms with Gasteiger partial charge < -0.3 is 19.6 Å². The number of nitrogens with one attached hydrogen (secondary N) is 1. The Hall–Kier alpha value is -4.01. The molecule has 1 saturated carbocycles. The van der Waals surface area contributed by atoms with E-state index in [2.05, 4.69) is 51.5 Å². The van der Waals surface area contributed by atoms with Crippen LogP contribution in [0, 0.1) is 6.92 Å². The smallest absolute Gasteiger partial charge is 0.317 e. The van der Waals surface area contributed by atoms with E-state index >= 15 is 0 Å². The molecule has 9 nitrogen and oxygen atoms in total. The summed E-state index contributed by atoms with van der Waals surface area (Å²) in [5, 5.41) is 8.40. The summed E-state index contributed by atoms with van der Waals surface area (Å²) < 4.78 is 5.75. The van der Waals surface area contributed by atoms with E-state index in [0.717, 1.165) is 35.2 Å². The van der Waals surface area contributed by atoms with Crippen molar-refractivity contribution in [1.82, 2.24) is 30.3 Å². The summed E-state index contributed by atoms with van der Waals surface area (Å²) in [5.74, 6) is 1.48. The average molecular weight is 512 g/mol. The molecule has 0 radical (unpaired) electrons. The van der Waals surface area contributed by atoms with Gasteiger partial charge in [-0.2, -0.15) is 4.98 Å². The van der Waals surface area contributed by atoms with Crippen molar-refractivity contribution >= 4 is 22.9 Å². The molecule has 38 heavy (non-hydrogen) atoms. The molecular weight excluding hydrogens is 478 g/mol. The van der Waals surface area contributed by atoms with E-state index < -0.39 is 0 Å². The number of hydrogen-bond donors (Lipinski definition) is 1. The molecule has 0 unspecified atom stereocenters. The molecule has 2 aliphatic rings. The van der Waals surface area contributed by atoms with Gasteiger partial charge in [0.25, 0.3) is 5.71 Å². The van der Waals surface area contributed by atoms with Gasteiger partial charge in [0.1, 0.15) is 22.7 Å². The monoisotopic (exact) mass is 511 g/mol. The molecule has 0 bridgehead atoms. The summed E-state index contributed by atoms with van der Waals surface area (Å²) in [6.07, 6.45) is 9.94. The van der Waals surface area contributed by atoms with E-state index in [4.69, 9.17) is 14.5 Å². The second-order valence-electron chi connectivity index (χ2n) is 10.3. The van der Waals surface area contributed by atoms with Crippen molar-refractivity contribution in [3.63, 3.8) is 0 Å². The number of aromatic nitrogens is 4. The molecule has 2 fully saturated rings. The molecule has 1 aliphatic carbocycles. The Morgan fingerprint density at radius 2 is 1.82 bits per heavy atom. The van der Waals surface area contributed by atoms with Gasteiger partial charge in [0.15, 0.2) is 0 Å². The number of pyridine rings is 1. The first-order chi connectivity index (χ1) is 18.6. The Morgan fingerprint density at radius 3 is 2.55 bits per heavy atom. The molecule has 1 saturated heterocycles. The summed E-state index contributed by atoms with van der Waals surface area (Å²) in [7, 11) is 0. The number of aryl methyl sites for hydroxylation is 1. The third-order valence-electron chi connectivity index (χ3n) is 7.58. The fourth-order valence-electron chi connectivity index (χ4n) is 5.41. The summed E-state index contributed by atoms with van der Waals surface area (Å²) in [6.45, 7) is 4.68. The minimum atomic E-state index is 0.0467. The van der Waals surface area contributed by atoms with Crippen LogP contribution in [0.5, 0.6) is 0 Å². The van der Waals surface area contributed by atoms with Gasteiger partial charge in [-0.25, -0.2) is 9.78 Å². The van der Waals surface area contributed by atoms with E-state index in [0.29, 0.717) is 55.9 Å². The number of fused-ring (bicyclic) bond motifs is 1. The van der Waals surface area contributed by atoms with E-state index in [-0.39, 0.29) is 6.03 Å². The SMILES string of the molecule is Cc1ccc(Cc2nc(N3CCN(C(=O)NC4CCCCC4)CC3)c3c(-c4cccnc4)noc3n2)cc1. The first kappa shape index (κ1) is 24.3. The topological polar surface area (TPSA) is 100 Å². The predicted octanol–water partition coefficient (Wildman–Crippen LogP) is 4.74. The third-order valence-corrected chi connectivity index (χ3v) is 7.58. The first-order valence-electron chi connectivity index (χ1n) is 13.6. The Bertz CT molecular complexity index is 1390. The highest BCUT2D eigenvalue weighted by atomic mass is 16.5. The van der Waals surface area contributed by atoms with Crippen LogP contribution in [0.3, 0.4) is 0 Å². The average Bonchev–Trinajstić information content (AvgIpc) is 3.39. The van der Waals surface area contributed by atoms with E-state index in [1.165, 1.54) is 24.8 Å². The number of anilines is 1. The molecule has 1 aliphatic heterocycles. The molecule has 4 aromatic rings. The number of benzene rings is 1. The summed E-state index contributed by atoms with van der Waals surface area (Å²) in [5.41, 5.74) is 4.36. The molecule has 3 aromatic heterocycles. The molecule has 196 valence electrons. The Morgan fingerprint density at radius 1 is 1.03 bits per heavy atom. The summed E-state index contributed by atoms with van der Waals surface area (Å²) in [6, 6.07) is 12.6. The molecule has 0 atom stereocenters. The van der Waals surface area contributed by atoms with Gasteiger partial charge in [-0.3, -0.25) is 4.98 Å². The lowest BCUT2D eigenvalue weighted by Gasteiger charge is -2.36. The zero-order valence-electron chi connectivity index (χ0n) is 21.8. The van der Waals surface area contributed by atoms with Gasteiger partial charge in [-0.1, -0.05) is 54.2 Å². The minimum Gasteiger partial charge on any atom is -0.352 e. The lowest BCUT2D eigenvalue weighted by Crippen LogP contribution is -2.54. The standard InChI is InChI=1S/C29H33N7O2/c1-20-9-11-21(12-10-20)18-24-32-27(25-26(34-38-28(25)33-24)22-6-5-13-30-19-22)35-14-16-36(17-15-35)29(37)31-23-7-3-2-4-8-23/h5-6,9-13,19,23H,2-4,7-8,14-18H2,1H3,(H,31,37). The summed E-state index contributed by atoms with van der Waals surface area (Å²) >= 11 is 0. The predicted molar refractivity (Wildman–Crippen MR) is 146 cm³/mol. The van der Waals surface area contributed by atoms with Gasteiger partial charge in [-0.05, 0) is 37.5 Å². The molecule has 4 heterocycles. The van der Waals surface area contributed by atoms with Crippen molar-refractivity contribution in [2.75, 3.05) is 31.1 Å². The van der Waals surface area contributed by atoms with Crippen LogP contribution < -0.4 is 10.2 Å². The first-order valence-corrected chi connectivity index (χ1v) is 13.6. The van der Waals surface area contributed by atoms with Crippen molar-refractivity contribution in [2.45, 2.75) is 51.5 Å². The van der Waals surface area contributed by atoms with Crippen LogP contribution in [0.1, 0.15) is 49.1 Å². The van der Waals surface area contributed by atoms with Crippen molar-refractivity contribution in [3.05, 3.63) is 65.7 Å². The van der Waals surface area contributed by atoms with Crippen molar-refractivity contribution in [2.24, 2.45) is 0 Å². The van der Waals surface area contributed by atoms with Crippen LogP contribution in [0.25, 0.3) is 22.4 Å². The lowest BCUT2D eigenvalue weighted by atomic mass is 9.96. The maximum atomic E-state index is 12.9. The number of urea groups is 1. The summed E-state index contributed by atoms with van der Waals surface area (Å²) in [4.78, 5) is 31.1. The van der Waals surface area contributed by atoms with Gasteiger partial charge in [0.2, 0.25) is 0 Å². The zero-order chi connectivity index (χ0) is 25.9. The van der Waals surface area contributed by atoms with Crippen molar-refractivity contribution in [3.8, 4) is 11.3 Å². The second-order valence-corrected chi connectivity index (χ2v) is 10.3.